The largest absolute Gasteiger partial charge is 0.456 e. The minimum atomic E-state index is 0.228. The SMILES string of the molecule is O=C1CCSc2cc3c(cc21)oc1ccccc13. The number of para-hydroxylation sites is 1. The van der Waals surface area contributed by atoms with Gasteiger partial charge in [-0.3, -0.25) is 4.79 Å². The number of rotatable bonds is 0. The van der Waals surface area contributed by atoms with E-state index in [1.165, 1.54) is 0 Å². The molecule has 2 nitrogen and oxygen atoms in total. The van der Waals surface area contributed by atoms with Gasteiger partial charge >= 0.3 is 0 Å². The molecule has 0 bridgehead atoms. The number of ketones is 1. The predicted octanol–water partition coefficient (Wildman–Crippen LogP) is 4.26. The standard InChI is InChI=1S/C15H10O2S/c16-12-5-6-18-15-8-10-9-3-1-2-4-13(9)17-14(10)7-11(12)15/h1-4,7-8H,5-6H2. The lowest BCUT2D eigenvalue weighted by atomic mass is 10.1. The summed E-state index contributed by atoms with van der Waals surface area (Å²) in [4.78, 5) is 13.0. The first-order chi connectivity index (χ1) is 8.83. The molecule has 1 aliphatic rings. The van der Waals surface area contributed by atoms with Gasteiger partial charge in [0.25, 0.3) is 0 Å². The van der Waals surface area contributed by atoms with Gasteiger partial charge in [-0.05, 0) is 18.2 Å². The van der Waals surface area contributed by atoms with E-state index in [1.807, 2.05) is 24.3 Å². The monoisotopic (exact) mass is 254 g/mol. The van der Waals surface area contributed by atoms with Gasteiger partial charge in [-0.15, -0.1) is 11.8 Å². The number of carbonyl (C=O) groups excluding carboxylic acids is 1. The number of hydrogen-bond acceptors (Lipinski definition) is 3. The van der Waals surface area contributed by atoms with E-state index in [0.29, 0.717) is 6.42 Å². The molecule has 2 heterocycles. The number of carbonyl (C=O) groups is 1. The van der Waals surface area contributed by atoms with Gasteiger partial charge in [-0.25, -0.2) is 0 Å². The zero-order chi connectivity index (χ0) is 12.1. The van der Waals surface area contributed by atoms with E-state index < -0.39 is 0 Å². The van der Waals surface area contributed by atoms with Crippen molar-refractivity contribution in [2.75, 3.05) is 5.75 Å². The maximum absolute atomic E-state index is 11.9. The second-order valence-corrected chi connectivity index (χ2v) is 5.60. The van der Waals surface area contributed by atoms with Crippen molar-refractivity contribution in [3.8, 4) is 0 Å². The molecule has 88 valence electrons. The molecule has 0 fully saturated rings. The van der Waals surface area contributed by atoms with Crippen molar-refractivity contribution >= 4 is 39.5 Å². The highest BCUT2D eigenvalue weighted by Gasteiger charge is 2.20. The maximum atomic E-state index is 11.9. The molecule has 0 atom stereocenters. The lowest BCUT2D eigenvalue weighted by Gasteiger charge is -2.13. The molecule has 0 saturated carbocycles. The highest BCUT2D eigenvalue weighted by atomic mass is 32.2. The first kappa shape index (κ1) is 10.2. The topological polar surface area (TPSA) is 30.2 Å². The van der Waals surface area contributed by atoms with Crippen molar-refractivity contribution in [3.63, 3.8) is 0 Å². The van der Waals surface area contributed by atoms with Gasteiger partial charge in [0, 0.05) is 33.4 Å². The number of Topliss-reactive ketones (excluding diaryl/α,β-unsaturated/α-hetero) is 1. The van der Waals surface area contributed by atoms with E-state index in [0.717, 1.165) is 38.2 Å². The molecule has 4 rings (SSSR count). The lowest BCUT2D eigenvalue weighted by Crippen LogP contribution is -2.07. The number of furan rings is 1. The fourth-order valence-electron chi connectivity index (χ4n) is 2.48. The molecule has 0 aliphatic carbocycles. The molecule has 2 aromatic carbocycles. The van der Waals surface area contributed by atoms with Crippen LogP contribution in [0.15, 0.2) is 45.7 Å². The predicted molar refractivity (Wildman–Crippen MR) is 73.4 cm³/mol. The van der Waals surface area contributed by atoms with Gasteiger partial charge in [-0.1, -0.05) is 18.2 Å². The molecule has 0 saturated heterocycles. The van der Waals surface area contributed by atoms with Gasteiger partial charge in [0.05, 0.1) is 0 Å². The fourth-order valence-corrected chi connectivity index (χ4v) is 3.51. The van der Waals surface area contributed by atoms with Gasteiger partial charge in [0.15, 0.2) is 5.78 Å². The molecule has 0 N–H and O–H groups in total. The number of thioether (sulfide) groups is 1. The minimum absolute atomic E-state index is 0.228. The van der Waals surface area contributed by atoms with Crippen LogP contribution in [0, 0.1) is 0 Å². The van der Waals surface area contributed by atoms with E-state index in [-0.39, 0.29) is 5.78 Å². The second-order valence-electron chi connectivity index (χ2n) is 4.46. The van der Waals surface area contributed by atoms with Gasteiger partial charge in [0.1, 0.15) is 11.2 Å². The van der Waals surface area contributed by atoms with Crippen LogP contribution in [-0.4, -0.2) is 11.5 Å². The van der Waals surface area contributed by atoms with Crippen LogP contribution in [0.3, 0.4) is 0 Å². The number of fused-ring (bicyclic) bond motifs is 4. The van der Waals surface area contributed by atoms with Crippen LogP contribution in [0.5, 0.6) is 0 Å². The van der Waals surface area contributed by atoms with Crippen LogP contribution in [0.4, 0.5) is 0 Å². The summed E-state index contributed by atoms with van der Waals surface area (Å²) >= 11 is 1.76. The van der Waals surface area contributed by atoms with Crippen molar-refractivity contribution in [2.45, 2.75) is 11.3 Å². The smallest absolute Gasteiger partial charge is 0.164 e. The molecular formula is C15H10O2S. The summed E-state index contributed by atoms with van der Waals surface area (Å²) in [7, 11) is 0. The average Bonchev–Trinajstić information content (AvgIpc) is 2.75. The van der Waals surface area contributed by atoms with Crippen LogP contribution < -0.4 is 0 Å². The Morgan fingerprint density at radius 2 is 1.94 bits per heavy atom. The third-order valence-electron chi connectivity index (χ3n) is 3.37. The summed E-state index contributed by atoms with van der Waals surface area (Å²) in [5.41, 5.74) is 2.51. The first-order valence-corrected chi connectivity index (χ1v) is 6.93. The minimum Gasteiger partial charge on any atom is -0.456 e. The quantitative estimate of drug-likeness (QED) is 0.600. The molecule has 3 aromatic rings. The molecule has 1 aromatic heterocycles. The van der Waals surface area contributed by atoms with E-state index in [1.54, 1.807) is 11.8 Å². The van der Waals surface area contributed by atoms with Crippen LogP contribution in [-0.2, 0) is 0 Å². The van der Waals surface area contributed by atoms with Gasteiger partial charge < -0.3 is 4.42 Å². The highest BCUT2D eigenvalue weighted by Crippen LogP contribution is 2.37. The highest BCUT2D eigenvalue weighted by molar-refractivity contribution is 7.99. The molecule has 3 heteroatoms. The molecule has 18 heavy (non-hydrogen) atoms. The van der Waals surface area contributed by atoms with Gasteiger partial charge in [0.2, 0.25) is 0 Å². The van der Waals surface area contributed by atoms with E-state index in [2.05, 4.69) is 12.1 Å². The molecule has 1 aliphatic heterocycles. The molecule has 0 unspecified atom stereocenters. The number of benzene rings is 2. The molecule has 0 radical (unpaired) electrons. The Bertz CT molecular complexity index is 786. The molecular weight excluding hydrogens is 244 g/mol. The van der Waals surface area contributed by atoms with Crippen molar-refractivity contribution in [1.82, 2.24) is 0 Å². The third kappa shape index (κ3) is 1.34. The number of hydrogen-bond donors (Lipinski definition) is 0. The summed E-state index contributed by atoms with van der Waals surface area (Å²) in [6.45, 7) is 0. The van der Waals surface area contributed by atoms with E-state index >= 15 is 0 Å². The Morgan fingerprint density at radius 1 is 1.06 bits per heavy atom. The van der Waals surface area contributed by atoms with Crippen molar-refractivity contribution in [2.24, 2.45) is 0 Å². The van der Waals surface area contributed by atoms with Crippen LogP contribution in [0.2, 0.25) is 0 Å². The summed E-state index contributed by atoms with van der Waals surface area (Å²) in [5.74, 6) is 1.11. The summed E-state index contributed by atoms with van der Waals surface area (Å²) in [6.07, 6.45) is 0.628. The Morgan fingerprint density at radius 3 is 2.89 bits per heavy atom. The Labute approximate surface area is 108 Å². The Balaban J connectivity index is 2.13. The lowest BCUT2D eigenvalue weighted by molar-refractivity contribution is 0.0985. The average molecular weight is 254 g/mol. The van der Waals surface area contributed by atoms with Crippen molar-refractivity contribution in [1.29, 1.82) is 0 Å². The second kappa shape index (κ2) is 3.62. The van der Waals surface area contributed by atoms with Crippen LogP contribution in [0.25, 0.3) is 21.9 Å². The van der Waals surface area contributed by atoms with Crippen molar-refractivity contribution in [3.05, 3.63) is 42.0 Å². The normalized spacial score (nSPS) is 15.2. The van der Waals surface area contributed by atoms with E-state index in [4.69, 9.17) is 4.42 Å². The maximum Gasteiger partial charge on any atom is 0.164 e. The van der Waals surface area contributed by atoms with Crippen LogP contribution in [0.1, 0.15) is 16.8 Å². The Kier molecular flexibility index (Phi) is 2.06. The van der Waals surface area contributed by atoms with Crippen LogP contribution >= 0.6 is 11.8 Å². The van der Waals surface area contributed by atoms with E-state index in [9.17, 15) is 4.79 Å². The molecule has 0 amide bonds. The molecule has 0 spiro atoms. The Hall–Kier alpha value is -1.74. The fraction of sp³-hybridized carbons (Fsp3) is 0.133. The first-order valence-electron chi connectivity index (χ1n) is 5.94. The zero-order valence-electron chi connectivity index (χ0n) is 9.60. The zero-order valence-corrected chi connectivity index (χ0v) is 10.4. The van der Waals surface area contributed by atoms with Crippen molar-refractivity contribution < 1.29 is 9.21 Å². The summed E-state index contributed by atoms with van der Waals surface area (Å²) in [5, 5.41) is 2.22. The van der Waals surface area contributed by atoms with Gasteiger partial charge in [-0.2, -0.15) is 0 Å². The third-order valence-corrected chi connectivity index (χ3v) is 4.42. The summed E-state index contributed by atoms with van der Waals surface area (Å²) < 4.78 is 5.81. The summed E-state index contributed by atoms with van der Waals surface area (Å²) in [6, 6.07) is 12.0.